The maximum Gasteiger partial charge on any atom is 0.182 e. The van der Waals surface area contributed by atoms with Gasteiger partial charge in [0.1, 0.15) is 0 Å². The molecule has 0 atom stereocenters. The summed E-state index contributed by atoms with van der Waals surface area (Å²) in [6.07, 6.45) is 0. The molecule has 0 aromatic rings. The molecule has 0 fully saturated rings. The highest BCUT2D eigenvalue weighted by atomic mass is 16.5. The molecule has 0 radical (unpaired) electrons. The summed E-state index contributed by atoms with van der Waals surface area (Å²) in [5.41, 5.74) is 0. The largest absolute Gasteiger partial charge is 0.870 e. The normalized spacial score (nSPS) is 10.9. The van der Waals surface area contributed by atoms with Gasteiger partial charge >= 0.3 is 0 Å². The number of nitrogens with zero attached hydrogens (tertiary/aromatic N) is 1. The van der Waals surface area contributed by atoms with Gasteiger partial charge < -0.3 is 19.4 Å². The molecule has 0 aromatic heterocycles. The number of methoxy groups -OCH3 is 1. The molecule has 0 aliphatic heterocycles. The number of ether oxygens (including phenoxy) is 2. The molecular weight excluding hydrogens is 146 g/mol. The van der Waals surface area contributed by atoms with Crippen LogP contribution in [0.3, 0.4) is 0 Å². The van der Waals surface area contributed by atoms with Crippen molar-refractivity contribution in [1.82, 2.24) is 0 Å². The lowest BCUT2D eigenvalue weighted by Gasteiger charge is -2.22. The Morgan fingerprint density at radius 2 is 1.64 bits per heavy atom. The number of hydrogen-bond acceptors (Lipinski definition) is 3. The van der Waals surface area contributed by atoms with E-state index in [1.807, 2.05) is 0 Å². The smallest absolute Gasteiger partial charge is 0.182 e. The zero-order valence-electron chi connectivity index (χ0n) is 7.83. The van der Waals surface area contributed by atoms with Gasteiger partial charge in [-0.3, -0.25) is 0 Å². The predicted molar refractivity (Wildman–Crippen MR) is 42.7 cm³/mol. The summed E-state index contributed by atoms with van der Waals surface area (Å²) in [5, 5.41) is 0. The number of rotatable bonds is 5. The van der Waals surface area contributed by atoms with Crippen LogP contribution in [0.15, 0.2) is 0 Å². The van der Waals surface area contributed by atoms with E-state index in [-0.39, 0.29) is 5.48 Å². The van der Waals surface area contributed by atoms with Crippen molar-refractivity contribution in [3.8, 4) is 0 Å². The molecular formula is C7H19NO3. The van der Waals surface area contributed by atoms with E-state index >= 15 is 0 Å². The number of hydrogen-bond donors (Lipinski definition) is 0. The molecule has 4 heteroatoms. The summed E-state index contributed by atoms with van der Waals surface area (Å²) >= 11 is 0. The Hall–Kier alpha value is -0.160. The van der Waals surface area contributed by atoms with Crippen molar-refractivity contribution in [3.05, 3.63) is 0 Å². The fourth-order valence-electron chi connectivity index (χ4n) is 0.481. The molecule has 0 amide bonds. The Morgan fingerprint density at radius 1 is 1.09 bits per heavy atom. The van der Waals surface area contributed by atoms with Crippen LogP contribution in [0.2, 0.25) is 0 Å². The maximum absolute atomic E-state index is 5.29. The van der Waals surface area contributed by atoms with E-state index in [2.05, 4.69) is 21.1 Å². The Kier molecular flexibility index (Phi) is 7.99. The molecule has 0 saturated heterocycles. The van der Waals surface area contributed by atoms with E-state index in [4.69, 9.17) is 9.47 Å². The van der Waals surface area contributed by atoms with Crippen LogP contribution in [-0.4, -0.2) is 58.2 Å². The van der Waals surface area contributed by atoms with Crippen molar-refractivity contribution in [1.29, 1.82) is 0 Å². The summed E-state index contributed by atoms with van der Waals surface area (Å²) in [7, 11) is 7.95. The fourth-order valence-corrected chi connectivity index (χ4v) is 0.481. The van der Waals surface area contributed by atoms with Crippen molar-refractivity contribution < 1.29 is 19.4 Å². The van der Waals surface area contributed by atoms with Crippen LogP contribution in [0.4, 0.5) is 0 Å². The first-order chi connectivity index (χ1) is 4.56. The molecule has 0 rings (SSSR count). The Labute approximate surface area is 68.6 Å². The van der Waals surface area contributed by atoms with E-state index in [0.717, 1.165) is 11.2 Å². The Balaban J connectivity index is 0. The minimum Gasteiger partial charge on any atom is -0.870 e. The SMILES string of the molecule is COCCOC[N+](C)(C)C.[OH-]. The second kappa shape index (κ2) is 6.54. The maximum atomic E-state index is 5.29. The third kappa shape index (κ3) is 12.9. The van der Waals surface area contributed by atoms with Crippen LogP contribution in [0, 0.1) is 0 Å². The first kappa shape index (κ1) is 13.4. The molecule has 0 aliphatic rings. The van der Waals surface area contributed by atoms with Gasteiger partial charge in [0.2, 0.25) is 0 Å². The van der Waals surface area contributed by atoms with Crippen LogP contribution in [0.5, 0.6) is 0 Å². The second-order valence-electron chi connectivity index (χ2n) is 3.32. The third-order valence-corrected chi connectivity index (χ3v) is 0.910. The topological polar surface area (TPSA) is 48.5 Å². The standard InChI is InChI=1S/C7H18NO2.H2O/c1-8(2,3)7-10-6-5-9-4;/h5-7H2,1-4H3;1H2/q+1;/p-1. The monoisotopic (exact) mass is 165 g/mol. The van der Waals surface area contributed by atoms with Crippen LogP contribution >= 0.6 is 0 Å². The van der Waals surface area contributed by atoms with Crippen molar-refractivity contribution in [2.75, 3.05) is 48.2 Å². The van der Waals surface area contributed by atoms with Gasteiger partial charge in [-0.05, 0) is 0 Å². The Morgan fingerprint density at radius 3 is 2.00 bits per heavy atom. The number of quaternary nitrogens is 1. The van der Waals surface area contributed by atoms with Crippen LogP contribution in [0.25, 0.3) is 0 Å². The first-order valence-corrected chi connectivity index (χ1v) is 3.43. The van der Waals surface area contributed by atoms with E-state index < -0.39 is 0 Å². The Bertz CT molecular complexity index is 80.2. The molecule has 0 aromatic carbocycles. The van der Waals surface area contributed by atoms with Gasteiger partial charge in [-0.15, -0.1) is 0 Å². The van der Waals surface area contributed by atoms with Crippen molar-refractivity contribution >= 4 is 0 Å². The average Bonchev–Trinajstić information content (AvgIpc) is 1.78. The highest BCUT2D eigenvalue weighted by molar-refractivity contribution is 4.21. The summed E-state index contributed by atoms with van der Waals surface area (Å²) in [6, 6.07) is 0. The van der Waals surface area contributed by atoms with E-state index in [0.29, 0.717) is 13.2 Å². The zero-order valence-corrected chi connectivity index (χ0v) is 7.83. The lowest BCUT2D eigenvalue weighted by atomic mass is 10.7. The lowest BCUT2D eigenvalue weighted by molar-refractivity contribution is -0.890. The van der Waals surface area contributed by atoms with Gasteiger partial charge in [0, 0.05) is 7.11 Å². The minimum atomic E-state index is 0. The van der Waals surface area contributed by atoms with Gasteiger partial charge in [-0.1, -0.05) is 0 Å². The van der Waals surface area contributed by atoms with Gasteiger partial charge in [0.15, 0.2) is 6.73 Å². The molecule has 1 N–H and O–H groups in total. The highest BCUT2D eigenvalue weighted by Gasteiger charge is 2.04. The van der Waals surface area contributed by atoms with Gasteiger partial charge in [-0.2, -0.15) is 0 Å². The summed E-state index contributed by atoms with van der Waals surface area (Å²) in [6.45, 7) is 2.11. The third-order valence-electron chi connectivity index (χ3n) is 0.910. The first-order valence-electron chi connectivity index (χ1n) is 3.43. The molecule has 0 heterocycles. The molecule has 0 aliphatic carbocycles. The fraction of sp³-hybridized carbons (Fsp3) is 1.00. The summed E-state index contributed by atoms with van der Waals surface area (Å²) in [5.74, 6) is 0. The molecule has 0 unspecified atom stereocenters. The summed E-state index contributed by atoms with van der Waals surface area (Å²) < 4.78 is 10.9. The molecule has 70 valence electrons. The molecule has 4 nitrogen and oxygen atoms in total. The van der Waals surface area contributed by atoms with Gasteiger partial charge in [-0.25, -0.2) is 0 Å². The van der Waals surface area contributed by atoms with E-state index in [1.165, 1.54) is 0 Å². The molecule has 11 heavy (non-hydrogen) atoms. The van der Waals surface area contributed by atoms with Crippen LogP contribution in [-0.2, 0) is 9.47 Å². The van der Waals surface area contributed by atoms with Crippen LogP contribution < -0.4 is 0 Å². The van der Waals surface area contributed by atoms with Crippen LogP contribution in [0.1, 0.15) is 0 Å². The molecule has 0 saturated carbocycles. The minimum absolute atomic E-state index is 0. The lowest BCUT2D eigenvalue weighted by Crippen LogP contribution is -2.37. The van der Waals surface area contributed by atoms with Crippen molar-refractivity contribution in [2.45, 2.75) is 0 Å². The average molecular weight is 165 g/mol. The predicted octanol–water partition coefficient (Wildman–Crippen LogP) is 0.136. The summed E-state index contributed by atoms with van der Waals surface area (Å²) in [4.78, 5) is 0. The van der Waals surface area contributed by atoms with Gasteiger partial charge in [0.05, 0.1) is 34.4 Å². The van der Waals surface area contributed by atoms with E-state index in [1.54, 1.807) is 7.11 Å². The van der Waals surface area contributed by atoms with Gasteiger partial charge in [0.25, 0.3) is 0 Å². The van der Waals surface area contributed by atoms with Crippen molar-refractivity contribution in [3.63, 3.8) is 0 Å². The van der Waals surface area contributed by atoms with E-state index in [9.17, 15) is 0 Å². The van der Waals surface area contributed by atoms with Crippen molar-refractivity contribution in [2.24, 2.45) is 0 Å². The second-order valence-corrected chi connectivity index (χ2v) is 3.32. The highest BCUT2D eigenvalue weighted by Crippen LogP contribution is 1.89. The quantitative estimate of drug-likeness (QED) is 0.330. The zero-order chi connectivity index (χ0) is 8.04. The molecule has 0 spiro atoms. The molecule has 0 bridgehead atoms.